The number of nitrogens with two attached hydrogens (primary N) is 1. The van der Waals surface area contributed by atoms with E-state index in [0.717, 1.165) is 42.0 Å². The second-order valence-electron chi connectivity index (χ2n) is 9.00. The standard InChI is InChI=1S/C26H31ClN6O2S/c1-16(31-17(2)35)11-20(7-9-28)23-12-22(25(36-23)26-29-15-30-32-26)24(19-3-5-21(27)6-4-19)33-10-8-18(13-33)14-34/h3-7,9,11,15,18,23-24,34H,1,8,10,12-14,28H2,2H3,(H,31,35)(H,29,30,32)/b9-7-,20-11+/t18-,23?,24?/m0/s1. The Bertz CT molecular complexity index is 1180. The van der Waals surface area contributed by atoms with Crippen molar-refractivity contribution in [2.75, 3.05) is 19.7 Å². The van der Waals surface area contributed by atoms with E-state index in [1.54, 1.807) is 11.8 Å². The van der Waals surface area contributed by atoms with Crippen molar-refractivity contribution >= 4 is 34.2 Å². The topological polar surface area (TPSA) is 120 Å². The number of nitrogens with zero attached hydrogens (tertiary/aromatic N) is 3. The predicted molar refractivity (Wildman–Crippen MR) is 145 cm³/mol. The average molecular weight is 527 g/mol. The van der Waals surface area contributed by atoms with E-state index in [9.17, 15) is 9.90 Å². The fraction of sp³-hybridized carbons (Fsp3) is 0.346. The van der Waals surface area contributed by atoms with Crippen LogP contribution in [0.15, 0.2) is 72.4 Å². The average Bonchev–Trinajstić information content (AvgIpc) is 3.61. The summed E-state index contributed by atoms with van der Waals surface area (Å²) in [6, 6.07) is 7.95. The molecule has 1 fully saturated rings. The number of benzene rings is 1. The summed E-state index contributed by atoms with van der Waals surface area (Å²) in [5, 5.41) is 20.4. The Hall–Kier alpha value is -2.85. The summed E-state index contributed by atoms with van der Waals surface area (Å²) >= 11 is 7.92. The van der Waals surface area contributed by atoms with Crippen LogP contribution in [-0.4, -0.2) is 56.0 Å². The number of hydrogen-bond donors (Lipinski definition) is 4. The van der Waals surface area contributed by atoms with E-state index < -0.39 is 0 Å². The van der Waals surface area contributed by atoms with Gasteiger partial charge < -0.3 is 16.2 Å². The minimum atomic E-state index is -0.178. The number of allylic oxidation sites excluding steroid dienone is 2. The number of rotatable bonds is 9. The minimum absolute atomic E-state index is 0.0157. The third kappa shape index (κ3) is 6.10. The molecule has 1 aromatic carbocycles. The predicted octanol–water partition coefficient (Wildman–Crippen LogP) is 3.78. The van der Waals surface area contributed by atoms with Crippen LogP contribution in [0, 0.1) is 5.92 Å². The number of aromatic nitrogens is 3. The van der Waals surface area contributed by atoms with Gasteiger partial charge in [-0.3, -0.25) is 14.8 Å². The van der Waals surface area contributed by atoms with E-state index in [1.165, 1.54) is 25.0 Å². The van der Waals surface area contributed by atoms with Gasteiger partial charge in [0.2, 0.25) is 5.91 Å². The van der Waals surface area contributed by atoms with Crippen LogP contribution in [0.25, 0.3) is 4.91 Å². The van der Waals surface area contributed by atoms with Gasteiger partial charge in [0.15, 0.2) is 5.82 Å². The molecule has 3 heterocycles. The third-order valence-electron chi connectivity index (χ3n) is 6.38. The van der Waals surface area contributed by atoms with Crippen LogP contribution in [0.3, 0.4) is 0 Å². The van der Waals surface area contributed by atoms with Gasteiger partial charge in [-0.05, 0) is 72.5 Å². The molecule has 10 heteroatoms. The number of aliphatic hydroxyl groups excluding tert-OH is 1. The number of H-pyrrole nitrogens is 1. The van der Waals surface area contributed by atoms with Gasteiger partial charge in [0.1, 0.15) is 6.33 Å². The molecule has 36 heavy (non-hydrogen) atoms. The normalized spacial score (nSPS) is 21.9. The molecular formula is C26H31ClN6O2S. The van der Waals surface area contributed by atoms with Crippen LogP contribution in [0.1, 0.15) is 37.2 Å². The fourth-order valence-corrected chi connectivity index (χ4v) is 6.36. The van der Waals surface area contributed by atoms with E-state index in [2.05, 4.69) is 44.1 Å². The SMILES string of the molecule is C=C(/C=C(\C=C/N)C1CC(C(c2ccc(Cl)cc2)N2CC[C@H](CO)C2)=C(c2ncn[nH]2)S1)NC(C)=O. The maximum Gasteiger partial charge on any atom is 0.221 e. The number of aliphatic hydroxyl groups is 1. The molecule has 2 aliphatic rings. The maximum absolute atomic E-state index is 11.5. The summed E-state index contributed by atoms with van der Waals surface area (Å²) in [4.78, 5) is 19.5. The summed E-state index contributed by atoms with van der Waals surface area (Å²) in [6.07, 6.45) is 8.40. The number of hydrogen-bond acceptors (Lipinski definition) is 7. The molecule has 2 unspecified atom stereocenters. The minimum Gasteiger partial charge on any atom is -0.405 e. The van der Waals surface area contributed by atoms with Crippen molar-refractivity contribution in [3.8, 4) is 0 Å². The Morgan fingerprint density at radius 3 is 2.83 bits per heavy atom. The Morgan fingerprint density at radius 1 is 1.44 bits per heavy atom. The fourth-order valence-electron chi connectivity index (χ4n) is 4.84. The molecule has 190 valence electrons. The summed E-state index contributed by atoms with van der Waals surface area (Å²) < 4.78 is 0. The Kier molecular flexibility index (Phi) is 8.68. The lowest BCUT2D eigenvalue weighted by Gasteiger charge is -2.30. The smallest absolute Gasteiger partial charge is 0.221 e. The molecule has 4 rings (SSSR count). The van der Waals surface area contributed by atoms with E-state index in [4.69, 9.17) is 17.3 Å². The van der Waals surface area contributed by atoms with Gasteiger partial charge in [0.05, 0.1) is 10.9 Å². The van der Waals surface area contributed by atoms with Crippen LogP contribution in [0.2, 0.25) is 5.02 Å². The molecule has 2 aromatic rings. The third-order valence-corrected chi connectivity index (χ3v) is 8.05. The molecule has 0 aliphatic carbocycles. The highest BCUT2D eigenvalue weighted by Gasteiger charge is 2.38. The molecule has 0 saturated carbocycles. The van der Waals surface area contributed by atoms with Crippen molar-refractivity contribution in [3.63, 3.8) is 0 Å². The molecule has 5 N–H and O–H groups in total. The molecular weight excluding hydrogens is 496 g/mol. The summed E-state index contributed by atoms with van der Waals surface area (Å²) in [7, 11) is 0. The van der Waals surface area contributed by atoms with Crippen molar-refractivity contribution in [3.05, 3.63) is 88.8 Å². The monoisotopic (exact) mass is 526 g/mol. The molecule has 0 spiro atoms. The Morgan fingerprint density at radius 2 is 2.22 bits per heavy atom. The molecule has 3 atom stereocenters. The van der Waals surface area contributed by atoms with Gasteiger partial charge in [-0.2, -0.15) is 5.10 Å². The van der Waals surface area contributed by atoms with E-state index in [1.807, 2.05) is 24.3 Å². The first kappa shape index (κ1) is 26.2. The van der Waals surface area contributed by atoms with Gasteiger partial charge in [-0.25, -0.2) is 4.98 Å². The van der Waals surface area contributed by atoms with Crippen molar-refractivity contribution in [1.82, 2.24) is 25.4 Å². The maximum atomic E-state index is 11.5. The van der Waals surface area contributed by atoms with E-state index in [0.29, 0.717) is 16.5 Å². The molecule has 1 amide bonds. The highest BCUT2D eigenvalue weighted by atomic mass is 35.5. The summed E-state index contributed by atoms with van der Waals surface area (Å²) in [5.74, 6) is 0.782. The number of nitrogens with one attached hydrogen (secondary N) is 2. The lowest BCUT2D eigenvalue weighted by molar-refractivity contribution is -0.118. The lowest BCUT2D eigenvalue weighted by atomic mass is 9.91. The first-order chi connectivity index (χ1) is 17.4. The van der Waals surface area contributed by atoms with Crippen molar-refractivity contribution in [1.29, 1.82) is 0 Å². The van der Waals surface area contributed by atoms with Gasteiger partial charge in [0.25, 0.3) is 0 Å². The Labute approximate surface area is 220 Å². The number of likely N-dealkylation sites (tertiary alicyclic amines) is 1. The number of thioether (sulfide) groups is 1. The van der Waals surface area contributed by atoms with Crippen LogP contribution < -0.4 is 11.1 Å². The first-order valence-electron chi connectivity index (χ1n) is 11.8. The van der Waals surface area contributed by atoms with E-state index >= 15 is 0 Å². The number of halogens is 1. The van der Waals surface area contributed by atoms with Crippen molar-refractivity contribution in [2.24, 2.45) is 11.7 Å². The quantitative estimate of drug-likeness (QED) is 0.367. The first-order valence-corrected chi connectivity index (χ1v) is 13.1. The van der Waals surface area contributed by atoms with E-state index in [-0.39, 0.29) is 29.7 Å². The highest BCUT2D eigenvalue weighted by Crippen LogP contribution is 2.52. The van der Waals surface area contributed by atoms with Crippen molar-refractivity contribution in [2.45, 2.75) is 31.1 Å². The lowest BCUT2D eigenvalue weighted by Crippen LogP contribution is -2.29. The van der Waals surface area contributed by atoms with Crippen LogP contribution in [0.4, 0.5) is 0 Å². The second-order valence-corrected chi connectivity index (χ2v) is 10.6. The number of amides is 1. The van der Waals surface area contributed by atoms with Gasteiger partial charge >= 0.3 is 0 Å². The Balaban J connectivity index is 1.76. The largest absolute Gasteiger partial charge is 0.405 e. The van der Waals surface area contributed by atoms with Crippen LogP contribution in [0.5, 0.6) is 0 Å². The van der Waals surface area contributed by atoms with Crippen LogP contribution in [-0.2, 0) is 4.79 Å². The van der Waals surface area contributed by atoms with Gasteiger partial charge in [-0.15, -0.1) is 11.8 Å². The molecule has 0 radical (unpaired) electrons. The number of carbonyl (C=O) groups excluding carboxylic acids is 1. The highest BCUT2D eigenvalue weighted by molar-refractivity contribution is 8.09. The molecule has 1 aromatic heterocycles. The zero-order chi connectivity index (χ0) is 25.7. The van der Waals surface area contributed by atoms with Crippen molar-refractivity contribution < 1.29 is 9.90 Å². The zero-order valence-corrected chi connectivity index (χ0v) is 21.7. The molecule has 2 aliphatic heterocycles. The molecule has 1 saturated heterocycles. The second kappa shape index (κ2) is 11.9. The van der Waals surface area contributed by atoms with Gasteiger partial charge in [-0.1, -0.05) is 30.3 Å². The summed E-state index contributed by atoms with van der Waals surface area (Å²) in [5.41, 5.74) is 9.59. The van der Waals surface area contributed by atoms with Gasteiger partial charge in [0, 0.05) is 36.0 Å². The number of aromatic amines is 1. The summed E-state index contributed by atoms with van der Waals surface area (Å²) in [6.45, 7) is 7.28. The van der Waals surface area contributed by atoms with Crippen LogP contribution >= 0.6 is 23.4 Å². The number of carbonyl (C=O) groups is 1. The zero-order valence-electron chi connectivity index (χ0n) is 20.2. The molecule has 0 bridgehead atoms. The molecule has 8 nitrogen and oxygen atoms in total.